The summed E-state index contributed by atoms with van der Waals surface area (Å²) in [6, 6.07) is 11.9. The zero-order chi connectivity index (χ0) is 20.2. The maximum absolute atomic E-state index is 13.0. The highest BCUT2D eigenvalue weighted by Gasteiger charge is 2.32. The lowest BCUT2D eigenvalue weighted by Crippen LogP contribution is -2.34. The van der Waals surface area contributed by atoms with Gasteiger partial charge in [0, 0.05) is 19.1 Å². The molecule has 4 rings (SSSR count). The standard InChI is InChI=1S/C21H24N4O3S/c1-3-24-20(18-5-4-12-28-18)22-23-21(24)29-14-19(26)25(16-8-9-16)13-15-6-10-17(27-2)11-7-15/h4-7,10-12,16H,3,8-9,13-14H2,1-2H3. The molecule has 2 aromatic heterocycles. The number of furan rings is 1. The Labute approximate surface area is 174 Å². The van der Waals surface area contributed by atoms with E-state index >= 15 is 0 Å². The van der Waals surface area contributed by atoms with Crippen molar-refractivity contribution in [2.24, 2.45) is 0 Å². The van der Waals surface area contributed by atoms with E-state index in [0.29, 0.717) is 36.5 Å². The average molecular weight is 413 g/mol. The number of hydrogen-bond acceptors (Lipinski definition) is 6. The van der Waals surface area contributed by atoms with Crippen molar-refractivity contribution in [2.75, 3.05) is 12.9 Å². The first-order valence-electron chi connectivity index (χ1n) is 9.72. The highest BCUT2D eigenvalue weighted by molar-refractivity contribution is 7.99. The summed E-state index contributed by atoms with van der Waals surface area (Å²) in [5.41, 5.74) is 1.10. The number of carbonyl (C=O) groups is 1. The van der Waals surface area contributed by atoms with Gasteiger partial charge in [-0.05, 0) is 49.6 Å². The zero-order valence-corrected chi connectivity index (χ0v) is 17.4. The minimum absolute atomic E-state index is 0.124. The van der Waals surface area contributed by atoms with Gasteiger partial charge in [0.15, 0.2) is 16.7 Å². The Hall–Kier alpha value is -2.74. The van der Waals surface area contributed by atoms with Gasteiger partial charge < -0.3 is 14.1 Å². The summed E-state index contributed by atoms with van der Waals surface area (Å²) in [4.78, 5) is 14.9. The number of aromatic nitrogens is 3. The van der Waals surface area contributed by atoms with E-state index < -0.39 is 0 Å². The van der Waals surface area contributed by atoms with Crippen molar-refractivity contribution in [3.63, 3.8) is 0 Å². The molecule has 0 aliphatic heterocycles. The Bertz CT molecular complexity index is 949. The summed E-state index contributed by atoms with van der Waals surface area (Å²) >= 11 is 1.42. The Morgan fingerprint density at radius 2 is 2.07 bits per heavy atom. The quantitative estimate of drug-likeness (QED) is 0.497. The predicted octanol–water partition coefficient (Wildman–Crippen LogP) is 3.85. The fourth-order valence-corrected chi connectivity index (χ4v) is 4.10. The molecule has 0 radical (unpaired) electrons. The Kier molecular flexibility index (Phi) is 5.89. The Morgan fingerprint density at radius 3 is 2.69 bits per heavy atom. The first-order chi connectivity index (χ1) is 14.2. The van der Waals surface area contributed by atoms with E-state index in [0.717, 1.165) is 29.3 Å². The van der Waals surface area contributed by atoms with Gasteiger partial charge in [-0.1, -0.05) is 23.9 Å². The van der Waals surface area contributed by atoms with Crippen molar-refractivity contribution in [1.82, 2.24) is 19.7 Å². The SMILES string of the molecule is CCn1c(SCC(=O)N(Cc2ccc(OC)cc2)C2CC2)nnc1-c1ccco1. The summed E-state index contributed by atoms with van der Waals surface area (Å²) in [7, 11) is 1.65. The van der Waals surface area contributed by atoms with Gasteiger partial charge >= 0.3 is 0 Å². The van der Waals surface area contributed by atoms with Gasteiger partial charge in [-0.25, -0.2) is 0 Å². The average Bonchev–Trinajstić information content (AvgIpc) is 3.27. The molecule has 1 fully saturated rings. The summed E-state index contributed by atoms with van der Waals surface area (Å²) < 4.78 is 12.6. The molecule has 1 aliphatic carbocycles. The zero-order valence-electron chi connectivity index (χ0n) is 16.6. The normalized spacial score (nSPS) is 13.4. The van der Waals surface area contributed by atoms with Crippen molar-refractivity contribution >= 4 is 17.7 Å². The molecule has 0 N–H and O–H groups in total. The van der Waals surface area contributed by atoms with Crippen molar-refractivity contribution < 1.29 is 13.9 Å². The number of carbonyl (C=O) groups excluding carboxylic acids is 1. The smallest absolute Gasteiger partial charge is 0.233 e. The molecule has 1 saturated carbocycles. The third kappa shape index (κ3) is 4.48. The van der Waals surface area contributed by atoms with Gasteiger partial charge in [-0.3, -0.25) is 9.36 Å². The second-order valence-electron chi connectivity index (χ2n) is 6.92. The van der Waals surface area contributed by atoms with E-state index in [2.05, 4.69) is 10.2 Å². The summed E-state index contributed by atoms with van der Waals surface area (Å²) in [5, 5.41) is 9.24. The minimum Gasteiger partial charge on any atom is -0.497 e. The summed E-state index contributed by atoms with van der Waals surface area (Å²) in [5.74, 6) is 2.64. The first kappa shape index (κ1) is 19.6. The highest BCUT2D eigenvalue weighted by atomic mass is 32.2. The van der Waals surface area contributed by atoms with Crippen LogP contribution in [0.3, 0.4) is 0 Å². The number of benzene rings is 1. The largest absolute Gasteiger partial charge is 0.497 e. The van der Waals surface area contributed by atoms with Crippen LogP contribution in [0.4, 0.5) is 0 Å². The van der Waals surface area contributed by atoms with Crippen LogP contribution < -0.4 is 4.74 Å². The van der Waals surface area contributed by atoms with Gasteiger partial charge in [0.2, 0.25) is 5.91 Å². The highest BCUT2D eigenvalue weighted by Crippen LogP contribution is 2.30. The maximum Gasteiger partial charge on any atom is 0.233 e. The first-order valence-corrected chi connectivity index (χ1v) is 10.7. The molecule has 8 heteroatoms. The van der Waals surface area contributed by atoms with Crippen LogP contribution in [0.5, 0.6) is 5.75 Å². The van der Waals surface area contributed by atoms with Crippen LogP contribution in [0.1, 0.15) is 25.3 Å². The summed E-state index contributed by atoms with van der Waals surface area (Å²) in [6.45, 7) is 3.35. The lowest BCUT2D eigenvalue weighted by molar-refractivity contribution is -0.129. The third-order valence-corrected chi connectivity index (χ3v) is 5.87. The molecule has 152 valence electrons. The second-order valence-corrected chi connectivity index (χ2v) is 7.86. The third-order valence-electron chi connectivity index (χ3n) is 4.92. The number of thioether (sulfide) groups is 1. The van der Waals surface area contributed by atoms with E-state index in [-0.39, 0.29) is 5.91 Å². The number of rotatable bonds is 9. The monoisotopic (exact) mass is 412 g/mol. The van der Waals surface area contributed by atoms with Gasteiger partial charge in [0.25, 0.3) is 0 Å². The molecule has 0 bridgehead atoms. The van der Waals surface area contributed by atoms with Crippen molar-refractivity contribution in [2.45, 2.75) is 44.1 Å². The Balaban J connectivity index is 1.42. The van der Waals surface area contributed by atoms with E-state index in [1.807, 2.05) is 52.8 Å². The molecule has 0 unspecified atom stereocenters. The number of methoxy groups -OCH3 is 1. The molecule has 1 aromatic carbocycles. The Morgan fingerprint density at radius 1 is 1.28 bits per heavy atom. The molecule has 0 spiro atoms. The molecule has 1 aliphatic rings. The van der Waals surface area contributed by atoms with Gasteiger partial charge in [-0.15, -0.1) is 10.2 Å². The molecular formula is C21H24N4O3S. The number of ether oxygens (including phenoxy) is 1. The molecule has 2 heterocycles. The molecular weight excluding hydrogens is 388 g/mol. The van der Waals surface area contributed by atoms with Crippen molar-refractivity contribution in [1.29, 1.82) is 0 Å². The fraction of sp³-hybridized carbons (Fsp3) is 0.381. The predicted molar refractivity (Wildman–Crippen MR) is 111 cm³/mol. The number of nitrogens with zero attached hydrogens (tertiary/aromatic N) is 4. The van der Waals surface area contributed by atoms with Crippen LogP contribution in [-0.2, 0) is 17.9 Å². The minimum atomic E-state index is 0.124. The van der Waals surface area contributed by atoms with Crippen molar-refractivity contribution in [3.05, 3.63) is 48.2 Å². The van der Waals surface area contributed by atoms with E-state index in [1.54, 1.807) is 13.4 Å². The fourth-order valence-electron chi connectivity index (χ4n) is 3.21. The maximum atomic E-state index is 13.0. The van der Waals surface area contributed by atoms with Crippen LogP contribution in [0.25, 0.3) is 11.6 Å². The lowest BCUT2D eigenvalue weighted by Gasteiger charge is -2.22. The van der Waals surface area contributed by atoms with Crippen LogP contribution in [-0.4, -0.2) is 44.5 Å². The molecule has 3 aromatic rings. The summed E-state index contributed by atoms with van der Waals surface area (Å²) in [6.07, 6.45) is 3.76. The van der Waals surface area contributed by atoms with Crippen LogP contribution in [0.2, 0.25) is 0 Å². The molecule has 1 amide bonds. The van der Waals surface area contributed by atoms with Crippen LogP contribution in [0, 0.1) is 0 Å². The van der Waals surface area contributed by atoms with Crippen molar-refractivity contribution in [3.8, 4) is 17.3 Å². The van der Waals surface area contributed by atoms with E-state index in [9.17, 15) is 4.79 Å². The number of amides is 1. The van der Waals surface area contributed by atoms with Gasteiger partial charge in [0.05, 0.1) is 19.1 Å². The van der Waals surface area contributed by atoms with Gasteiger partial charge in [0.1, 0.15) is 5.75 Å². The number of hydrogen-bond donors (Lipinski definition) is 0. The molecule has 0 atom stereocenters. The van der Waals surface area contributed by atoms with E-state index in [1.165, 1.54) is 11.8 Å². The van der Waals surface area contributed by atoms with Crippen LogP contribution >= 0.6 is 11.8 Å². The van der Waals surface area contributed by atoms with Gasteiger partial charge in [-0.2, -0.15) is 0 Å². The van der Waals surface area contributed by atoms with E-state index in [4.69, 9.17) is 9.15 Å². The lowest BCUT2D eigenvalue weighted by atomic mass is 10.2. The second kappa shape index (κ2) is 8.73. The molecule has 0 saturated heterocycles. The molecule has 29 heavy (non-hydrogen) atoms. The topological polar surface area (TPSA) is 73.4 Å². The molecule has 7 nitrogen and oxygen atoms in total. The van der Waals surface area contributed by atoms with Crippen LogP contribution in [0.15, 0.2) is 52.2 Å².